The van der Waals surface area contributed by atoms with Crippen molar-refractivity contribution in [2.24, 2.45) is 23.7 Å². The molecule has 2 bridgehead atoms. The molecule has 1 aromatic heterocycles. The lowest BCUT2D eigenvalue weighted by atomic mass is 9.85. The monoisotopic (exact) mass is 395 g/mol. The number of hydrogen-bond acceptors (Lipinski definition) is 6. The van der Waals surface area contributed by atoms with Crippen LogP contribution in [0, 0.1) is 23.7 Å². The highest BCUT2D eigenvalue weighted by atomic mass is 32.1. The van der Waals surface area contributed by atoms with E-state index in [0.717, 1.165) is 12.0 Å². The van der Waals surface area contributed by atoms with Gasteiger partial charge in [0.05, 0.1) is 17.5 Å². The lowest BCUT2D eigenvalue weighted by Gasteiger charge is -2.17. The summed E-state index contributed by atoms with van der Waals surface area (Å²) in [6, 6.07) is 6.75. The maximum Gasteiger partial charge on any atom is 0.321 e. The average Bonchev–Trinajstić information content (AvgIpc) is 3.47. The fourth-order valence-electron chi connectivity index (χ4n) is 4.47. The molecule has 8 nitrogen and oxygen atoms in total. The van der Waals surface area contributed by atoms with E-state index in [1.165, 1.54) is 21.7 Å². The number of imide groups is 1. The number of carbonyl (C=O) groups is 3. The van der Waals surface area contributed by atoms with Crippen molar-refractivity contribution in [2.45, 2.75) is 13.0 Å². The molecule has 9 heteroatoms. The van der Waals surface area contributed by atoms with Crippen molar-refractivity contribution in [1.29, 1.82) is 0 Å². The molecule has 0 radical (unpaired) electrons. The van der Waals surface area contributed by atoms with Crippen molar-refractivity contribution in [3.8, 4) is 0 Å². The molecular weight excluding hydrogens is 378 g/mol. The highest BCUT2D eigenvalue weighted by Gasteiger charge is 2.59. The van der Waals surface area contributed by atoms with Gasteiger partial charge in [0.2, 0.25) is 16.9 Å². The second-order valence-corrected chi connectivity index (χ2v) is 8.06. The number of nitrogens with zero attached hydrogens (tertiary/aromatic N) is 3. The molecule has 1 saturated heterocycles. The van der Waals surface area contributed by atoms with Crippen LogP contribution in [-0.2, 0) is 16.1 Å². The van der Waals surface area contributed by atoms with Gasteiger partial charge in [-0.2, -0.15) is 0 Å². The zero-order valence-electron chi connectivity index (χ0n) is 14.7. The number of allylic oxidation sites excluding steroid dienone is 2. The number of anilines is 2. The van der Waals surface area contributed by atoms with Crippen LogP contribution < -0.4 is 15.5 Å². The van der Waals surface area contributed by atoms with Crippen molar-refractivity contribution in [1.82, 2.24) is 15.5 Å². The van der Waals surface area contributed by atoms with Crippen LogP contribution in [0.5, 0.6) is 0 Å². The van der Waals surface area contributed by atoms with Crippen LogP contribution in [0.2, 0.25) is 0 Å². The van der Waals surface area contributed by atoms with Gasteiger partial charge in [-0.1, -0.05) is 35.6 Å². The molecule has 1 saturated carbocycles. The first kappa shape index (κ1) is 17.1. The van der Waals surface area contributed by atoms with Gasteiger partial charge in [0.15, 0.2) is 0 Å². The van der Waals surface area contributed by atoms with Gasteiger partial charge in [-0.3, -0.25) is 19.8 Å². The Morgan fingerprint density at radius 3 is 2.39 bits per heavy atom. The van der Waals surface area contributed by atoms with Gasteiger partial charge in [-0.15, -0.1) is 10.2 Å². The Morgan fingerprint density at radius 1 is 1.11 bits per heavy atom. The van der Waals surface area contributed by atoms with Crippen molar-refractivity contribution >= 4 is 40.0 Å². The summed E-state index contributed by atoms with van der Waals surface area (Å²) >= 11 is 1.23. The minimum atomic E-state index is -0.374. The molecule has 0 spiro atoms. The SMILES string of the molecule is O=C(NCc1ccc(N2C(=O)C3C4C=CC(C4)C3C2=O)cc1)Nc1nncs1. The van der Waals surface area contributed by atoms with Gasteiger partial charge in [0.25, 0.3) is 0 Å². The number of aromatic nitrogens is 2. The number of rotatable bonds is 4. The van der Waals surface area contributed by atoms with E-state index in [4.69, 9.17) is 0 Å². The molecule has 2 N–H and O–H groups in total. The summed E-state index contributed by atoms with van der Waals surface area (Å²) in [5, 5.41) is 13.1. The summed E-state index contributed by atoms with van der Waals surface area (Å²) in [7, 11) is 0. The minimum absolute atomic E-state index is 0.0887. The second-order valence-electron chi connectivity index (χ2n) is 7.23. The third-order valence-corrected chi connectivity index (χ3v) is 6.31. The molecule has 2 fully saturated rings. The Balaban J connectivity index is 1.24. The van der Waals surface area contributed by atoms with Gasteiger partial charge >= 0.3 is 6.03 Å². The first-order chi connectivity index (χ1) is 13.6. The maximum atomic E-state index is 12.8. The van der Waals surface area contributed by atoms with E-state index in [2.05, 4.69) is 33.0 Å². The number of nitrogens with one attached hydrogen (secondary N) is 2. The van der Waals surface area contributed by atoms with E-state index in [1.54, 1.807) is 12.1 Å². The molecule has 3 aliphatic rings. The molecule has 2 aromatic rings. The lowest BCUT2D eigenvalue weighted by molar-refractivity contribution is -0.123. The molecule has 142 valence electrons. The van der Waals surface area contributed by atoms with Crippen LogP contribution in [0.4, 0.5) is 15.6 Å². The topological polar surface area (TPSA) is 104 Å². The first-order valence-corrected chi connectivity index (χ1v) is 9.96. The number of urea groups is 1. The molecule has 4 amide bonds. The van der Waals surface area contributed by atoms with E-state index < -0.39 is 0 Å². The largest absolute Gasteiger partial charge is 0.334 e. The third kappa shape index (κ3) is 2.70. The highest BCUT2D eigenvalue weighted by molar-refractivity contribution is 7.13. The Kier molecular flexibility index (Phi) is 3.97. The molecular formula is C19H17N5O3S. The number of fused-ring (bicyclic) bond motifs is 5. The summed E-state index contributed by atoms with van der Waals surface area (Å²) in [5.74, 6) is -0.179. The fraction of sp³-hybridized carbons (Fsp3) is 0.316. The van der Waals surface area contributed by atoms with E-state index in [9.17, 15) is 14.4 Å². The summed E-state index contributed by atoms with van der Waals surface area (Å²) in [5.41, 5.74) is 2.98. The van der Waals surface area contributed by atoms with Crippen LogP contribution in [0.1, 0.15) is 12.0 Å². The number of hydrogen-bond donors (Lipinski definition) is 2. The highest BCUT2D eigenvalue weighted by Crippen LogP contribution is 2.53. The van der Waals surface area contributed by atoms with Crippen LogP contribution in [-0.4, -0.2) is 28.0 Å². The number of carbonyl (C=O) groups excluding carboxylic acids is 3. The van der Waals surface area contributed by atoms with Crippen molar-refractivity contribution < 1.29 is 14.4 Å². The fourth-order valence-corrected chi connectivity index (χ4v) is 4.91. The molecule has 2 heterocycles. The van der Waals surface area contributed by atoms with Gasteiger partial charge in [0.1, 0.15) is 5.51 Å². The molecule has 4 unspecified atom stereocenters. The molecule has 1 aromatic carbocycles. The predicted molar refractivity (Wildman–Crippen MR) is 102 cm³/mol. The summed E-state index contributed by atoms with van der Waals surface area (Å²) in [6.07, 6.45) is 5.09. The standard InChI is InChI=1S/C19H17N5O3S/c25-16-14-11-3-4-12(7-11)15(14)17(26)24(16)13-5-1-10(2-6-13)8-20-18(27)22-19-23-21-9-28-19/h1-6,9,11-12,14-15H,7-8H2,(H2,20,22,23,27). The van der Waals surface area contributed by atoms with Crippen LogP contribution in [0.15, 0.2) is 41.9 Å². The summed E-state index contributed by atoms with van der Waals surface area (Å²) < 4.78 is 0. The van der Waals surface area contributed by atoms with E-state index in [0.29, 0.717) is 17.4 Å². The first-order valence-electron chi connectivity index (χ1n) is 9.08. The maximum absolute atomic E-state index is 12.8. The predicted octanol–water partition coefficient (Wildman–Crippen LogP) is 2.17. The molecule has 5 rings (SSSR count). The normalized spacial score (nSPS) is 27.4. The Morgan fingerprint density at radius 2 is 1.79 bits per heavy atom. The smallest absolute Gasteiger partial charge is 0.321 e. The van der Waals surface area contributed by atoms with E-state index >= 15 is 0 Å². The van der Waals surface area contributed by atoms with Crippen molar-refractivity contribution in [3.05, 3.63) is 47.5 Å². The van der Waals surface area contributed by atoms with Gasteiger partial charge in [0, 0.05) is 6.54 Å². The minimum Gasteiger partial charge on any atom is -0.334 e. The molecule has 4 atom stereocenters. The summed E-state index contributed by atoms with van der Waals surface area (Å²) in [4.78, 5) is 38.8. The Labute approximate surface area is 164 Å². The summed E-state index contributed by atoms with van der Waals surface area (Å²) in [6.45, 7) is 0.312. The molecule has 28 heavy (non-hydrogen) atoms. The zero-order valence-corrected chi connectivity index (χ0v) is 15.6. The molecule has 1 aliphatic heterocycles. The quantitative estimate of drug-likeness (QED) is 0.610. The zero-order chi connectivity index (χ0) is 19.3. The van der Waals surface area contributed by atoms with E-state index in [1.807, 2.05) is 12.1 Å². The van der Waals surface area contributed by atoms with Gasteiger partial charge < -0.3 is 5.32 Å². The van der Waals surface area contributed by atoms with Gasteiger partial charge in [-0.25, -0.2) is 4.79 Å². The van der Waals surface area contributed by atoms with Crippen molar-refractivity contribution in [2.75, 3.05) is 10.2 Å². The Hall–Kier alpha value is -3.07. The third-order valence-electron chi connectivity index (χ3n) is 5.70. The average molecular weight is 395 g/mol. The van der Waals surface area contributed by atoms with Crippen LogP contribution in [0.25, 0.3) is 0 Å². The van der Waals surface area contributed by atoms with E-state index in [-0.39, 0.29) is 41.5 Å². The lowest BCUT2D eigenvalue weighted by Crippen LogP contribution is -2.32. The van der Waals surface area contributed by atoms with Crippen molar-refractivity contribution in [3.63, 3.8) is 0 Å². The second kappa shape index (κ2) is 6.52. The number of amides is 4. The van der Waals surface area contributed by atoms with Crippen LogP contribution >= 0.6 is 11.3 Å². The molecule has 2 aliphatic carbocycles. The Bertz CT molecular complexity index is 942. The number of benzene rings is 1. The van der Waals surface area contributed by atoms with Gasteiger partial charge in [-0.05, 0) is 36.0 Å². The van der Waals surface area contributed by atoms with Crippen LogP contribution in [0.3, 0.4) is 0 Å².